The second kappa shape index (κ2) is 9.12. The van der Waals surface area contributed by atoms with Gasteiger partial charge in [0.05, 0.1) is 33.3 Å². The zero-order valence-electron chi connectivity index (χ0n) is 18.4. The third-order valence-corrected chi connectivity index (χ3v) is 6.74. The van der Waals surface area contributed by atoms with Crippen LogP contribution in [0.2, 0.25) is 0 Å². The molecule has 3 N–H and O–H groups in total. The Morgan fingerprint density at radius 1 is 1.45 bits per heavy atom. The van der Waals surface area contributed by atoms with E-state index in [0.29, 0.717) is 5.52 Å². The summed E-state index contributed by atoms with van der Waals surface area (Å²) in [5.41, 5.74) is 4.71. The molecule has 4 rings (SSSR count). The zero-order valence-corrected chi connectivity index (χ0v) is 19.3. The first-order valence-corrected chi connectivity index (χ1v) is 11.8. The van der Waals surface area contributed by atoms with Crippen molar-refractivity contribution in [2.75, 3.05) is 32.7 Å². The predicted octanol–water partition coefficient (Wildman–Crippen LogP) is 0.949. The first kappa shape index (κ1) is 23.8. The van der Waals surface area contributed by atoms with Gasteiger partial charge < -0.3 is 25.1 Å². The molecule has 2 saturated heterocycles. The lowest BCUT2D eigenvalue weighted by molar-refractivity contribution is -0.143. The first-order chi connectivity index (χ1) is 15.7. The van der Waals surface area contributed by atoms with E-state index in [4.69, 9.17) is 33.5 Å². The highest BCUT2D eigenvalue weighted by molar-refractivity contribution is 7.48. The number of nitrogen functional groups attached to an aromatic ring is 1. The number of carbonyl (C=O) groups is 1. The van der Waals surface area contributed by atoms with Crippen LogP contribution >= 0.6 is 7.82 Å². The van der Waals surface area contributed by atoms with Crippen molar-refractivity contribution in [2.45, 2.75) is 50.7 Å². The van der Waals surface area contributed by atoms with Gasteiger partial charge in [0.25, 0.3) is 0 Å². The maximum absolute atomic E-state index is 12.9. The van der Waals surface area contributed by atoms with Gasteiger partial charge in [-0.25, -0.2) is 9.55 Å². The van der Waals surface area contributed by atoms with Crippen LogP contribution in [-0.2, 0) is 32.4 Å². The Hall–Kier alpha value is -2.35. The lowest BCUT2D eigenvalue weighted by atomic mass is 9.96. The molecule has 0 aliphatic carbocycles. The van der Waals surface area contributed by atoms with E-state index in [-0.39, 0.29) is 56.1 Å². The number of ether oxygens (including phenoxy) is 3. The summed E-state index contributed by atoms with van der Waals surface area (Å²) in [6, 6.07) is 0. The molecule has 0 spiro atoms. The molecule has 4 heterocycles. The van der Waals surface area contributed by atoms with Gasteiger partial charge in [0.2, 0.25) is 11.8 Å². The van der Waals surface area contributed by atoms with Crippen LogP contribution in [0, 0.1) is 0 Å². The minimum absolute atomic E-state index is 0.0449. The second-order valence-electron chi connectivity index (χ2n) is 7.68. The molecule has 15 heteroatoms. The highest BCUT2D eigenvalue weighted by Crippen LogP contribution is 2.58. The Morgan fingerprint density at radius 3 is 2.97 bits per heavy atom. The van der Waals surface area contributed by atoms with Crippen molar-refractivity contribution in [3.05, 3.63) is 6.33 Å². The fraction of sp³-hybridized carbons (Fsp3) is 0.667. The average Bonchev–Trinajstić information content (AvgIpc) is 3.29. The van der Waals surface area contributed by atoms with E-state index >= 15 is 0 Å². The van der Waals surface area contributed by atoms with Crippen molar-refractivity contribution in [3.63, 3.8) is 0 Å². The Balaban J connectivity index is 1.49. The molecule has 0 radical (unpaired) electrons. The molecular formula is C18H26N5O9P. The molecule has 2 aliphatic heterocycles. The topological polar surface area (TPSA) is 179 Å². The van der Waals surface area contributed by atoms with Crippen molar-refractivity contribution >= 4 is 30.9 Å². The number of imidazole rings is 1. The van der Waals surface area contributed by atoms with Crippen molar-refractivity contribution in [1.29, 1.82) is 0 Å². The SMILES string of the molecule is CCOC(=O)CCCO[P@@]1(=O)OC[C@H]2O[C@@H](n3cnc4c(OC)nc(N)nc43)[C@](C)(O)[C@@H]2O1. The molecule has 0 amide bonds. The number of nitrogens with two attached hydrogens (primary N) is 1. The van der Waals surface area contributed by atoms with Crippen LogP contribution in [0.4, 0.5) is 5.95 Å². The molecule has 0 saturated carbocycles. The van der Waals surface area contributed by atoms with Gasteiger partial charge in [-0.05, 0) is 20.3 Å². The van der Waals surface area contributed by atoms with Crippen LogP contribution < -0.4 is 10.5 Å². The van der Waals surface area contributed by atoms with Gasteiger partial charge in [0.1, 0.15) is 17.8 Å². The smallest absolute Gasteiger partial charge is 0.475 e. The highest BCUT2D eigenvalue weighted by atomic mass is 31.2. The number of aliphatic hydroxyl groups is 1. The van der Waals surface area contributed by atoms with Gasteiger partial charge in [0.15, 0.2) is 17.4 Å². The Bertz CT molecular complexity index is 1080. The predicted molar refractivity (Wildman–Crippen MR) is 111 cm³/mol. The quantitative estimate of drug-likeness (QED) is 0.305. The van der Waals surface area contributed by atoms with Crippen LogP contribution in [0.5, 0.6) is 5.88 Å². The molecule has 2 fully saturated rings. The van der Waals surface area contributed by atoms with E-state index in [9.17, 15) is 14.5 Å². The standard InChI is InChI=1S/C18H26N5O9P/c1-4-28-11(24)6-5-7-29-33(26)30-8-10-13(32-33)18(2,25)16(31-10)23-9-20-12-14(23)21-17(19)22-15(12)27-3/h9-10,13,16,25H,4-8H2,1-3H3,(H2,19,21,22)/t10-,13-,16-,18-,33+/m1/s1. The Labute approximate surface area is 188 Å². The second-order valence-corrected chi connectivity index (χ2v) is 9.30. The summed E-state index contributed by atoms with van der Waals surface area (Å²) in [4.78, 5) is 23.8. The number of rotatable bonds is 8. The minimum atomic E-state index is -3.99. The molecule has 2 aromatic heterocycles. The first-order valence-electron chi connectivity index (χ1n) is 10.3. The van der Waals surface area contributed by atoms with E-state index < -0.39 is 31.9 Å². The third kappa shape index (κ3) is 4.54. The van der Waals surface area contributed by atoms with E-state index in [1.54, 1.807) is 6.92 Å². The van der Waals surface area contributed by atoms with Crippen LogP contribution in [0.15, 0.2) is 6.33 Å². The fourth-order valence-electron chi connectivity index (χ4n) is 3.79. The van der Waals surface area contributed by atoms with Gasteiger partial charge >= 0.3 is 13.8 Å². The number of aromatic nitrogens is 4. The lowest BCUT2D eigenvalue weighted by Gasteiger charge is -2.35. The summed E-state index contributed by atoms with van der Waals surface area (Å²) >= 11 is 0. The summed E-state index contributed by atoms with van der Waals surface area (Å²) < 4.78 is 46.6. The number of hydrogen-bond acceptors (Lipinski definition) is 13. The maximum atomic E-state index is 12.9. The third-order valence-electron chi connectivity index (χ3n) is 5.29. The van der Waals surface area contributed by atoms with Crippen LogP contribution in [-0.4, -0.2) is 75.3 Å². The number of methoxy groups -OCH3 is 1. The van der Waals surface area contributed by atoms with Gasteiger partial charge in [-0.1, -0.05) is 0 Å². The molecule has 5 atom stereocenters. The van der Waals surface area contributed by atoms with E-state index in [1.165, 1.54) is 24.9 Å². The molecule has 2 aliphatic rings. The number of hydrogen-bond donors (Lipinski definition) is 2. The molecular weight excluding hydrogens is 461 g/mol. The normalized spacial score (nSPS) is 31.5. The summed E-state index contributed by atoms with van der Waals surface area (Å²) in [6.07, 6.45) is -1.02. The van der Waals surface area contributed by atoms with E-state index in [1.807, 2.05) is 0 Å². The largest absolute Gasteiger partial charge is 0.479 e. The Morgan fingerprint density at radius 2 is 2.24 bits per heavy atom. The number of carbonyl (C=O) groups excluding carboxylic acids is 1. The number of esters is 1. The van der Waals surface area contributed by atoms with E-state index in [2.05, 4.69) is 15.0 Å². The molecule has 33 heavy (non-hydrogen) atoms. The van der Waals surface area contributed by atoms with Crippen molar-refractivity contribution < 1.29 is 42.2 Å². The number of fused-ring (bicyclic) bond motifs is 2. The average molecular weight is 487 g/mol. The molecule has 2 aromatic rings. The molecule has 0 unspecified atom stereocenters. The number of anilines is 1. The summed E-state index contributed by atoms with van der Waals surface area (Å²) in [5.74, 6) is -0.253. The van der Waals surface area contributed by atoms with Crippen molar-refractivity contribution in [3.8, 4) is 5.88 Å². The van der Waals surface area contributed by atoms with Gasteiger partial charge in [-0.2, -0.15) is 9.97 Å². The van der Waals surface area contributed by atoms with Gasteiger partial charge in [-0.3, -0.25) is 22.9 Å². The highest BCUT2D eigenvalue weighted by Gasteiger charge is 2.60. The van der Waals surface area contributed by atoms with Crippen LogP contribution in [0.1, 0.15) is 32.9 Å². The maximum Gasteiger partial charge on any atom is 0.475 e. The number of phosphoric acid groups is 1. The zero-order chi connectivity index (χ0) is 23.8. The van der Waals surface area contributed by atoms with Crippen molar-refractivity contribution in [2.24, 2.45) is 0 Å². The molecule has 0 aromatic carbocycles. The van der Waals surface area contributed by atoms with Crippen LogP contribution in [0.25, 0.3) is 11.2 Å². The van der Waals surface area contributed by atoms with Crippen LogP contribution in [0.3, 0.4) is 0 Å². The summed E-state index contributed by atoms with van der Waals surface area (Å²) in [5, 5.41) is 11.3. The number of nitrogens with zero attached hydrogens (tertiary/aromatic N) is 4. The Kier molecular flexibility index (Phi) is 6.58. The molecule has 14 nitrogen and oxygen atoms in total. The van der Waals surface area contributed by atoms with Crippen molar-refractivity contribution in [1.82, 2.24) is 19.5 Å². The van der Waals surface area contributed by atoms with Gasteiger partial charge in [-0.15, -0.1) is 0 Å². The van der Waals surface area contributed by atoms with E-state index in [0.717, 1.165) is 0 Å². The lowest BCUT2D eigenvalue weighted by Crippen LogP contribution is -2.47. The fourth-order valence-corrected chi connectivity index (χ4v) is 5.29. The molecule has 182 valence electrons. The molecule has 0 bridgehead atoms. The summed E-state index contributed by atoms with van der Waals surface area (Å²) in [7, 11) is -2.57. The number of phosphoric ester groups is 1. The minimum Gasteiger partial charge on any atom is -0.479 e. The monoisotopic (exact) mass is 487 g/mol. The van der Waals surface area contributed by atoms with Gasteiger partial charge in [0, 0.05) is 6.42 Å². The summed E-state index contributed by atoms with van der Waals surface area (Å²) in [6.45, 7) is 3.27.